The number of rotatable bonds is 8. The maximum absolute atomic E-state index is 12.2. The summed E-state index contributed by atoms with van der Waals surface area (Å²) < 4.78 is 0. The predicted molar refractivity (Wildman–Crippen MR) is 129 cm³/mol. The van der Waals surface area contributed by atoms with Crippen molar-refractivity contribution in [2.24, 2.45) is 0 Å². The lowest BCUT2D eigenvalue weighted by Crippen LogP contribution is -2.34. The zero-order valence-corrected chi connectivity index (χ0v) is 18.0. The van der Waals surface area contributed by atoms with Gasteiger partial charge in [0.15, 0.2) is 5.11 Å². The Kier molecular flexibility index (Phi) is 8.31. The van der Waals surface area contributed by atoms with Gasteiger partial charge >= 0.3 is 0 Å². The van der Waals surface area contributed by atoms with Crippen molar-refractivity contribution >= 4 is 40.5 Å². The molecule has 0 bridgehead atoms. The molecule has 0 unspecified atom stereocenters. The summed E-state index contributed by atoms with van der Waals surface area (Å²) in [6.07, 6.45) is 2.09. The van der Waals surface area contributed by atoms with Gasteiger partial charge in [-0.05, 0) is 54.4 Å². The molecule has 0 aliphatic rings. The Morgan fingerprint density at radius 3 is 1.74 bits per heavy atom. The summed E-state index contributed by atoms with van der Waals surface area (Å²) in [5, 5.41) is 8.81. The molecule has 3 rings (SSSR count). The van der Waals surface area contributed by atoms with Crippen LogP contribution < -0.4 is 16.0 Å². The fourth-order valence-electron chi connectivity index (χ4n) is 3.05. The van der Waals surface area contributed by atoms with Crippen molar-refractivity contribution in [3.05, 3.63) is 96.1 Å². The third-order valence-electron chi connectivity index (χ3n) is 4.62. The van der Waals surface area contributed by atoms with E-state index in [1.54, 1.807) is 6.07 Å². The average molecular weight is 432 g/mol. The van der Waals surface area contributed by atoms with Crippen LogP contribution in [0.25, 0.3) is 0 Å². The lowest BCUT2D eigenvalue weighted by Gasteiger charge is -2.11. The van der Waals surface area contributed by atoms with E-state index < -0.39 is 0 Å². The van der Waals surface area contributed by atoms with Gasteiger partial charge in [-0.2, -0.15) is 0 Å². The van der Waals surface area contributed by atoms with Gasteiger partial charge in [0.2, 0.25) is 11.8 Å². The van der Waals surface area contributed by atoms with E-state index in [0.717, 1.165) is 11.1 Å². The van der Waals surface area contributed by atoms with E-state index in [0.29, 0.717) is 37.1 Å². The number of aryl methyl sites for hydroxylation is 2. The molecule has 0 aliphatic heterocycles. The number of hydrogen-bond donors (Lipinski definition) is 3. The first-order valence-electron chi connectivity index (χ1n) is 10.2. The van der Waals surface area contributed by atoms with Crippen molar-refractivity contribution in [2.45, 2.75) is 25.7 Å². The van der Waals surface area contributed by atoms with Crippen LogP contribution in [-0.4, -0.2) is 16.9 Å². The topological polar surface area (TPSA) is 70.2 Å². The van der Waals surface area contributed by atoms with Crippen LogP contribution in [0.3, 0.4) is 0 Å². The van der Waals surface area contributed by atoms with Crippen LogP contribution in [0.5, 0.6) is 0 Å². The second-order valence-electron chi connectivity index (χ2n) is 7.10. The molecule has 6 heteroatoms. The molecule has 158 valence electrons. The second-order valence-corrected chi connectivity index (χ2v) is 7.51. The standard InChI is InChI=1S/C25H25N3O2S/c29-23(16-14-19-8-3-1-4-9-19)26-21-12-7-13-22(18-21)27-25(31)28-24(30)17-15-20-10-5-2-6-11-20/h1-13,18H,14-17H2,(H,26,29)(H2,27,28,30,31). The van der Waals surface area contributed by atoms with E-state index in [1.165, 1.54) is 0 Å². The highest BCUT2D eigenvalue weighted by atomic mass is 32.1. The largest absolute Gasteiger partial charge is 0.332 e. The molecule has 0 spiro atoms. The molecule has 0 heterocycles. The van der Waals surface area contributed by atoms with Gasteiger partial charge in [-0.15, -0.1) is 0 Å². The Hall–Kier alpha value is -3.51. The van der Waals surface area contributed by atoms with Gasteiger partial charge in [-0.1, -0.05) is 66.7 Å². The minimum Gasteiger partial charge on any atom is -0.332 e. The third kappa shape index (κ3) is 8.03. The number of nitrogens with one attached hydrogen (secondary N) is 3. The number of benzene rings is 3. The van der Waals surface area contributed by atoms with E-state index in [2.05, 4.69) is 16.0 Å². The molecular weight excluding hydrogens is 406 g/mol. The van der Waals surface area contributed by atoms with Crippen LogP contribution in [0.4, 0.5) is 11.4 Å². The van der Waals surface area contributed by atoms with Crippen molar-refractivity contribution in [1.29, 1.82) is 0 Å². The number of hydrogen-bond acceptors (Lipinski definition) is 3. The van der Waals surface area contributed by atoms with Crippen LogP contribution in [0.1, 0.15) is 24.0 Å². The molecule has 0 radical (unpaired) electrons. The van der Waals surface area contributed by atoms with Crippen LogP contribution in [0.2, 0.25) is 0 Å². The highest BCUT2D eigenvalue weighted by molar-refractivity contribution is 7.80. The number of carbonyl (C=O) groups excluding carboxylic acids is 2. The van der Waals surface area contributed by atoms with E-state index in [-0.39, 0.29) is 16.9 Å². The van der Waals surface area contributed by atoms with Gasteiger partial charge in [-0.25, -0.2) is 0 Å². The molecule has 5 nitrogen and oxygen atoms in total. The van der Waals surface area contributed by atoms with Crippen molar-refractivity contribution in [2.75, 3.05) is 10.6 Å². The summed E-state index contributed by atoms with van der Waals surface area (Å²) >= 11 is 5.24. The smallest absolute Gasteiger partial charge is 0.226 e. The van der Waals surface area contributed by atoms with Gasteiger partial charge < -0.3 is 16.0 Å². The molecule has 0 aromatic heterocycles. The monoisotopic (exact) mass is 431 g/mol. The van der Waals surface area contributed by atoms with Gasteiger partial charge in [0.25, 0.3) is 0 Å². The first-order chi connectivity index (χ1) is 15.1. The summed E-state index contributed by atoms with van der Waals surface area (Å²) in [6, 6.07) is 27.0. The lowest BCUT2D eigenvalue weighted by atomic mass is 10.1. The molecule has 0 fully saturated rings. The average Bonchev–Trinajstić information content (AvgIpc) is 2.78. The molecule has 0 aliphatic carbocycles. The Labute approximate surface area is 187 Å². The van der Waals surface area contributed by atoms with E-state index >= 15 is 0 Å². The zero-order chi connectivity index (χ0) is 21.9. The van der Waals surface area contributed by atoms with Crippen molar-refractivity contribution in [3.8, 4) is 0 Å². The predicted octanol–water partition coefficient (Wildman–Crippen LogP) is 4.70. The summed E-state index contributed by atoms with van der Waals surface area (Å²) in [5.74, 6) is -0.204. The van der Waals surface area contributed by atoms with Crippen molar-refractivity contribution in [1.82, 2.24) is 5.32 Å². The number of carbonyl (C=O) groups is 2. The molecule has 0 saturated carbocycles. The molecule has 0 atom stereocenters. The first-order valence-corrected chi connectivity index (χ1v) is 10.6. The maximum Gasteiger partial charge on any atom is 0.226 e. The SMILES string of the molecule is O=C(CCc1ccccc1)NC(=S)Nc1cccc(NC(=O)CCc2ccccc2)c1. The molecule has 3 aromatic rings. The first kappa shape index (κ1) is 22.2. The Morgan fingerprint density at radius 1 is 0.645 bits per heavy atom. The normalized spacial score (nSPS) is 10.2. The molecule has 31 heavy (non-hydrogen) atoms. The van der Waals surface area contributed by atoms with Crippen molar-refractivity contribution in [3.63, 3.8) is 0 Å². The lowest BCUT2D eigenvalue weighted by molar-refractivity contribution is -0.119. The van der Waals surface area contributed by atoms with E-state index in [1.807, 2.05) is 78.9 Å². The van der Waals surface area contributed by atoms with Crippen LogP contribution in [0.15, 0.2) is 84.9 Å². The Morgan fingerprint density at radius 2 is 1.16 bits per heavy atom. The Bertz CT molecular complexity index is 1020. The highest BCUT2D eigenvalue weighted by Gasteiger charge is 2.07. The van der Waals surface area contributed by atoms with Gasteiger partial charge in [0, 0.05) is 24.2 Å². The van der Waals surface area contributed by atoms with Crippen LogP contribution in [0, 0.1) is 0 Å². The fourth-order valence-corrected chi connectivity index (χ4v) is 3.29. The van der Waals surface area contributed by atoms with Gasteiger partial charge in [0.05, 0.1) is 0 Å². The summed E-state index contributed by atoms with van der Waals surface area (Å²) in [6.45, 7) is 0. The maximum atomic E-state index is 12.2. The van der Waals surface area contributed by atoms with E-state index in [9.17, 15) is 9.59 Å². The zero-order valence-electron chi connectivity index (χ0n) is 17.1. The summed E-state index contributed by atoms with van der Waals surface area (Å²) in [5.41, 5.74) is 3.59. The van der Waals surface area contributed by atoms with Crippen LogP contribution >= 0.6 is 12.2 Å². The van der Waals surface area contributed by atoms with Crippen molar-refractivity contribution < 1.29 is 9.59 Å². The second kappa shape index (κ2) is 11.6. The third-order valence-corrected chi connectivity index (χ3v) is 4.83. The fraction of sp³-hybridized carbons (Fsp3) is 0.160. The minimum absolute atomic E-state index is 0.0576. The number of amides is 2. The summed E-state index contributed by atoms with van der Waals surface area (Å²) in [4.78, 5) is 24.4. The van der Waals surface area contributed by atoms with Gasteiger partial charge in [-0.3, -0.25) is 9.59 Å². The highest BCUT2D eigenvalue weighted by Crippen LogP contribution is 2.16. The number of anilines is 2. The molecule has 3 N–H and O–H groups in total. The molecular formula is C25H25N3O2S. The van der Waals surface area contributed by atoms with Crippen LogP contribution in [-0.2, 0) is 22.4 Å². The Balaban J connectivity index is 1.44. The molecule has 2 amide bonds. The molecule has 3 aromatic carbocycles. The number of thiocarbonyl (C=S) groups is 1. The minimum atomic E-state index is -0.147. The van der Waals surface area contributed by atoms with Gasteiger partial charge in [0.1, 0.15) is 0 Å². The summed E-state index contributed by atoms with van der Waals surface area (Å²) in [7, 11) is 0. The quantitative estimate of drug-likeness (QED) is 0.452. The molecule has 0 saturated heterocycles. The van der Waals surface area contributed by atoms with E-state index in [4.69, 9.17) is 12.2 Å².